The first-order valence-corrected chi connectivity index (χ1v) is 17.0. The van der Waals surface area contributed by atoms with Gasteiger partial charge in [0.15, 0.2) is 0 Å². The molecule has 0 amide bonds. The maximum absolute atomic E-state index is 8.39. The van der Waals surface area contributed by atoms with Gasteiger partial charge in [-0.1, -0.05) is 124 Å². The quantitative estimate of drug-likeness (QED) is 0.156. The van der Waals surface area contributed by atoms with E-state index >= 15 is 0 Å². The zero-order valence-corrected chi connectivity index (χ0v) is 31.7. The van der Waals surface area contributed by atoms with Crippen molar-refractivity contribution < 1.29 is 27.0 Å². The van der Waals surface area contributed by atoms with Crippen LogP contribution in [0.3, 0.4) is 0 Å². The average molecular weight is 857 g/mol. The maximum Gasteiger partial charge on any atom is 0.0774 e. The predicted molar refractivity (Wildman–Crippen MR) is 213 cm³/mol. The number of hydrogen-bond acceptors (Lipinski definition) is 2. The van der Waals surface area contributed by atoms with Crippen LogP contribution in [0.4, 0.5) is 0 Å². The summed E-state index contributed by atoms with van der Waals surface area (Å²) >= 11 is 0. The molecule has 0 aliphatic rings. The molecule has 259 valence electrons. The second-order valence-electron chi connectivity index (χ2n) is 13.3. The summed E-state index contributed by atoms with van der Waals surface area (Å²) in [6.45, 7) is 3.53. The van der Waals surface area contributed by atoms with Gasteiger partial charge in [-0.05, 0) is 70.1 Å². The molecule has 0 fully saturated rings. The van der Waals surface area contributed by atoms with Crippen LogP contribution in [-0.4, -0.2) is 14.5 Å². The van der Waals surface area contributed by atoms with Gasteiger partial charge in [0.25, 0.3) is 0 Å². The molecular weight excluding hydrogens is 811 g/mol. The van der Waals surface area contributed by atoms with Gasteiger partial charge in [-0.15, -0.1) is 65.2 Å². The van der Waals surface area contributed by atoms with Crippen molar-refractivity contribution in [2.45, 2.75) is 34.0 Å². The number of imidazole rings is 1. The van der Waals surface area contributed by atoms with Crippen LogP contribution in [0.1, 0.15) is 38.8 Å². The summed E-state index contributed by atoms with van der Waals surface area (Å²) in [4.78, 5) is 9.31. The largest absolute Gasteiger partial charge is 0.333 e. The molecule has 0 N–H and O–H groups in total. The maximum atomic E-state index is 8.39. The molecule has 6 aromatic carbocycles. The Morgan fingerprint density at radius 2 is 1.40 bits per heavy atom. The Balaban J connectivity index is 0.000000194. The van der Waals surface area contributed by atoms with Crippen LogP contribution in [-0.2, 0) is 26.5 Å². The normalized spacial score (nSPS) is 12.9. The molecule has 0 bridgehead atoms. The third kappa shape index (κ3) is 8.54. The first-order valence-electron chi connectivity index (χ1n) is 19.5. The first-order chi connectivity index (χ1) is 26.8. The van der Waals surface area contributed by atoms with Crippen LogP contribution in [0.15, 0.2) is 164 Å². The van der Waals surface area contributed by atoms with Gasteiger partial charge in [0.05, 0.1) is 16.9 Å². The molecular formula is C48H41IrN3-2. The summed E-state index contributed by atoms with van der Waals surface area (Å²) in [6, 6.07) is 57.0. The van der Waals surface area contributed by atoms with Crippen LogP contribution in [0.5, 0.6) is 0 Å². The van der Waals surface area contributed by atoms with Gasteiger partial charge in [-0.3, -0.25) is 4.98 Å². The van der Waals surface area contributed by atoms with E-state index in [2.05, 4.69) is 21.7 Å². The van der Waals surface area contributed by atoms with E-state index < -0.39 is 18.6 Å². The minimum absolute atomic E-state index is 0. The van der Waals surface area contributed by atoms with Crippen LogP contribution in [0, 0.1) is 24.4 Å². The van der Waals surface area contributed by atoms with Crippen LogP contribution in [0.2, 0.25) is 0 Å². The number of nitrogens with zero attached hydrogens (tertiary/aromatic N) is 3. The molecule has 0 aliphatic carbocycles. The van der Waals surface area contributed by atoms with E-state index in [0.29, 0.717) is 11.1 Å². The van der Waals surface area contributed by atoms with Crippen molar-refractivity contribution in [1.82, 2.24) is 14.5 Å². The molecule has 3 nitrogen and oxygen atoms in total. The Labute approximate surface area is 328 Å². The minimum atomic E-state index is -2.24. The van der Waals surface area contributed by atoms with Gasteiger partial charge in [-0.25, -0.2) is 0 Å². The van der Waals surface area contributed by atoms with Gasteiger partial charge in [0.2, 0.25) is 0 Å². The summed E-state index contributed by atoms with van der Waals surface area (Å²) in [6.07, 6.45) is 0.418. The van der Waals surface area contributed by atoms with E-state index in [9.17, 15) is 0 Å². The molecule has 1 radical (unpaired) electrons. The molecule has 0 saturated heterocycles. The monoisotopic (exact) mass is 857 g/mol. The fourth-order valence-corrected chi connectivity index (χ4v) is 6.01. The molecule has 8 aromatic rings. The Kier molecular flexibility index (Phi) is 9.47. The van der Waals surface area contributed by atoms with Crippen molar-refractivity contribution in [2.75, 3.05) is 0 Å². The first kappa shape index (κ1) is 30.2. The van der Waals surface area contributed by atoms with Crippen LogP contribution >= 0.6 is 0 Å². The van der Waals surface area contributed by atoms with Crippen molar-refractivity contribution in [1.29, 1.82) is 0 Å². The van der Waals surface area contributed by atoms with Crippen LogP contribution in [0.25, 0.3) is 61.6 Å². The zero-order valence-electron chi connectivity index (χ0n) is 34.3. The fourth-order valence-electron chi connectivity index (χ4n) is 6.01. The Morgan fingerprint density at radius 1 is 0.692 bits per heavy atom. The second-order valence-corrected chi connectivity index (χ2v) is 13.3. The average Bonchev–Trinajstić information content (AvgIpc) is 3.61. The van der Waals surface area contributed by atoms with Crippen molar-refractivity contribution in [2.24, 2.45) is 5.41 Å². The van der Waals surface area contributed by atoms with E-state index in [-0.39, 0.29) is 25.7 Å². The number of hydrogen-bond donors (Lipinski definition) is 0. The standard InChI is InChI=1S/C26H19N2.C22H22N.Ir/c1-19-16-17-21(18-23(19)20-10-4-2-5-11-20)26-27-24-14-8-9-15-25(24)28(26)22-12-6-3-7-13-22;1-22(2,3)16-17-9-11-18(12-10-17)20-13-14-23-21(15-20)19-7-5-4-6-8-19;/h2-16,18H,1H3;4-7,9-15H,16H2,1-3H3;/q2*-1;/i1D3;16D2;. The Hall–Kier alpha value is -5.41. The van der Waals surface area contributed by atoms with Crippen molar-refractivity contribution in [3.05, 3.63) is 187 Å². The summed E-state index contributed by atoms with van der Waals surface area (Å²) in [7, 11) is 0. The molecule has 0 aliphatic heterocycles. The molecule has 52 heavy (non-hydrogen) atoms. The zero-order chi connectivity index (χ0) is 39.5. The molecule has 0 spiro atoms. The Morgan fingerprint density at radius 3 is 2.12 bits per heavy atom. The minimum Gasteiger partial charge on any atom is -0.333 e. The molecule has 0 atom stereocenters. The van der Waals surface area contributed by atoms with Crippen molar-refractivity contribution in [3.8, 4) is 50.6 Å². The smallest absolute Gasteiger partial charge is 0.0774 e. The molecule has 4 heteroatoms. The number of fused-ring (bicyclic) bond motifs is 1. The van der Waals surface area contributed by atoms with Gasteiger partial charge >= 0.3 is 0 Å². The topological polar surface area (TPSA) is 30.7 Å². The summed E-state index contributed by atoms with van der Waals surface area (Å²) in [5, 5.41) is 0. The predicted octanol–water partition coefficient (Wildman–Crippen LogP) is 12.3. The van der Waals surface area contributed by atoms with E-state index in [1.54, 1.807) is 12.3 Å². The second kappa shape index (κ2) is 16.3. The number of benzene rings is 6. The number of aromatic nitrogens is 3. The summed E-state index contributed by atoms with van der Waals surface area (Å²) in [5.41, 5.74) is 9.59. The van der Waals surface area contributed by atoms with Crippen molar-refractivity contribution in [3.63, 3.8) is 0 Å². The number of rotatable bonds is 6. The van der Waals surface area contributed by atoms with Crippen LogP contribution < -0.4 is 0 Å². The molecule has 2 aromatic heterocycles. The van der Waals surface area contributed by atoms with E-state index in [1.807, 2.05) is 172 Å². The Bertz CT molecular complexity index is 2560. The number of para-hydroxylation sites is 3. The third-order valence-electron chi connectivity index (χ3n) is 8.33. The molecule has 8 rings (SSSR count). The van der Waals surface area contributed by atoms with E-state index in [1.165, 1.54) is 0 Å². The molecule has 0 unspecified atom stereocenters. The summed E-state index contributed by atoms with van der Waals surface area (Å²) < 4.78 is 42.9. The van der Waals surface area contributed by atoms with E-state index in [0.717, 1.165) is 56.1 Å². The van der Waals surface area contributed by atoms with Gasteiger partial charge in [-0.2, -0.15) is 0 Å². The van der Waals surface area contributed by atoms with E-state index in [4.69, 9.17) is 11.8 Å². The van der Waals surface area contributed by atoms with Gasteiger partial charge < -0.3 is 9.55 Å². The molecule has 0 saturated carbocycles. The third-order valence-corrected chi connectivity index (χ3v) is 8.33. The van der Waals surface area contributed by atoms with Gasteiger partial charge in [0, 0.05) is 38.8 Å². The number of pyridine rings is 1. The fraction of sp³-hybridized carbons (Fsp3) is 0.125. The molecule has 2 heterocycles. The van der Waals surface area contributed by atoms with Gasteiger partial charge in [0.1, 0.15) is 0 Å². The summed E-state index contributed by atoms with van der Waals surface area (Å²) in [5.74, 6) is 0.724. The SMILES string of the molecule is [2H]C([2H])([2H])c1c[c-]c(-c2nc3ccccc3n2-c2ccccc2)cc1-c1ccccc1.[2H]C([2H])(c1ccc(-c2ccnc(-c3[c-]cccc3)c2)cc1)C(C)(C)C.[Ir]. The number of aryl methyl sites for hydroxylation is 1. The van der Waals surface area contributed by atoms with Crippen molar-refractivity contribution >= 4 is 11.0 Å².